The number of aldehydes is 1. The fourth-order valence-corrected chi connectivity index (χ4v) is 4.34. The van der Waals surface area contributed by atoms with Crippen LogP contribution in [0.25, 0.3) is 0 Å². The monoisotopic (exact) mass is 554 g/mol. The number of hydrogen-bond acceptors (Lipinski definition) is 7. The van der Waals surface area contributed by atoms with E-state index < -0.39 is 66.4 Å². The molecule has 0 saturated carbocycles. The summed E-state index contributed by atoms with van der Waals surface area (Å²) < 4.78 is 0. The van der Waals surface area contributed by atoms with E-state index >= 15 is 0 Å². The number of primary amides is 2. The van der Waals surface area contributed by atoms with Gasteiger partial charge in [0, 0.05) is 18.8 Å². The molecule has 7 N–H and O–H groups in total. The molecule has 0 aliphatic heterocycles. The lowest BCUT2D eigenvalue weighted by molar-refractivity contribution is -0.134. The minimum absolute atomic E-state index is 0.0471. The summed E-state index contributed by atoms with van der Waals surface area (Å²) in [5.74, 6) is -4.20. The Morgan fingerprint density at radius 3 is 1.97 bits per heavy atom. The van der Waals surface area contributed by atoms with Crippen molar-refractivity contribution in [3.8, 4) is 0 Å². The molecule has 0 heterocycles. The quantitative estimate of drug-likeness (QED) is 0.0884. The zero-order chi connectivity index (χ0) is 29.8. The van der Waals surface area contributed by atoms with Crippen LogP contribution in [0.5, 0.6) is 0 Å². The normalized spacial score (nSPS) is 14.2. The Morgan fingerprint density at radius 2 is 1.44 bits per heavy atom. The summed E-state index contributed by atoms with van der Waals surface area (Å²) in [6, 6.07) is -2.05. The first-order valence-corrected chi connectivity index (χ1v) is 14.2. The highest BCUT2D eigenvalue weighted by atomic mass is 16.3. The smallest absolute Gasteiger partial charge is 0.224 e. The van der Waals surface area contributed by atoms with Crippen molar-refractivity contribution in [2.24, 2.45) is 23.3 Å². The Kier molecular flexibility index (Phi) is 19.5. The average Bonchev–Trinajstić information content (AvgIpc) is 2.84. The number of hydrogen-bond donors (Lipinski definition) is 5. The molecule has 0 aliphatic carbocycles. The van der Waals surface area contributed by atoms with Gasteiger partial charge in [-0.3, -0.25) is 24.0 Å². The van der Waals surface area contributed by atoms with Crippen molar-refractivity contribution in [3.05, 3.63) is 0 Å². The highest BCUT2D eigenvalue weighted by Gasteiger charge is 2.30. The first kappa shape index (κ1) is 36.2. The van der Waals surface area contributed by atoms with Crippen LogP contribution < -0.4 is 22.1 Å². The van der Waals surface area contributed by atoms with E-state index in [1.807, 2.05) is 13.8 Å². The third-order valence-electron chi connectivity index (χ3n) is 6.47. The Hall–Kier alpha value is -2.82. The molecule has 0 saturated heterocycles. The van der Waals surface area contributed by atoms with Crippen LogP contribution in [-0.2, 0) is 28.8 Å². The molecule has 0 aliphatic rings. The minimum Gasteiger partial charge on any atom is -0.393 e. The number of Topliss-reactive ketones (excluding diaryl/α,β-unsaturated/α-hetero) is 1. The Morgan fingerprint density at radius 1 is 0.821 bits per heavy atom. The third kappa shape index (κ3) is 19.0. The highest BCUT2D eigenvalue weighted by molar-refractivity contribution is 5.95. The lowest BCUT2D eigenvalue weighted by Gasteiger charge is -2.23. The molecule has 11 nitrogen and oxygen atoms in total. The maximum absolute atomic E-state index is 13.1. The second kappa shape index (κ2) is 21.1. The SMILES string of the molecule is CCCCCCCCC[C@@H](O)CC(=O)N[C@@H](CC(N)=O)C(=O)CC(CCC(N)=O)C(=O)N[C@H](C=O)CC(C)C. The van der Waals surface area contributed by atoms with Gasteiger partial charge in [-0.05, 0) is 25.2 Å². The Labute approximate surface area is 232 Å². The molecule has 0 rings (SSSR count). The van der Waals surface area contributed by atoms with E-state index in [9.17, 15) is 33.9 Å². The van der Waals surface area contributed by atoms with Gasteiger partial charge in [0.2, 0.25) is 23.6 Å². The second-order valence-electron chi connectivity index (χ2n) is 10.8. The van der Waals surface area contributed by atoms with Crippen LogP contribution in [0.1, 0.15) is 111 Å². The first-order valence-electron chi connectivity index (χ1n) is 14.2. The van der Waals surface area contributed by atoms with Gasteiger partial charge in [-0.15, -0.1) is 0 Å². The maximum atomic E-state index is 13.1. The van der Waals surface area contributed by atoms with Crippen LogP contribution in [0.3, 0.4) is 0 Å². The highest BCUT2D eigenvalue weighted by Crippen LogP contribution is 2.17. The molecule has 0 aromatic rings. The summed E-state index contributed by atoms with van der Waals surface area (Å²) in [6.07, 6.45) is 6.77. The van der Waals surface area contributed by atoms with Crippen LogP contribution in [0.2, 0.25) is 0 Å². The summed E-state index contributed by atoms with van der Waals surface area (Å²) in [5, 5.41) is 15.3. The number of ketones is 1. The van der Waals surface area contributed by atoms with Crippen molar-refractivity contribution >= 4 is 35.7 Å². The molecule has 0 radical (unpaired) electrons. The number of carbonyl (C=O) groups is 6. The topological polar surface area (TPSA) is 199 Å². The number of aliphatic hydroxyl groups excluding tert-OH is 1. The number of aliphatic hydroxyl groups is 1. The predicted octanol–water partition coefficient (Wildman–Crippen LogP) is 1.81. The van der Waals surface area contributed by atoms with Gasteiger partial charge in [0.25, 0.3) is 0 Å². The molecule has 0 fully saturated rings. The van der Waals surface area contributed by atoms with Crippen LogP contribution >= 0.6 is 0 Å². The zero-order valence-corrected chi connectivity index (χ0v) is 23.9. The van der Waals surface area contributed by atoms with Crippen molar-refractivity contribution in [2.45, 2.75) is 129 Å². The van der Waals surface area contributed by atoms with E-state index in [-0.39, 0.29) is 25.2 Å². The van der Waals surface area contributed by atoms with Crippen molar-refractivity contribution in [1.82, 2.24) is 10.6 Å². The molecule has 0 aromatic carbocycles. The van der Waals surface area contributed by atoms with Crippen LogP contribution in [0.15, 0.2) is 0 Å². The minimum atomic E-state index is -1.29. The number of nitrogens with one attached hydrogen (secondary N) is 2. The standard InChI is InChI=1S/C28H50N4O7/c1-4-5-6-7-8-9-10-11-22(34)16-27(38)32-23(17-26(30)37)24(35)15-20(12-13-25(29)36)28(39)31-21(18-33)14-19(2)3/h18-23,34H,4-17H2,1-3H3,(H2,29,36)(H2,30,37)(H,31,39)(H,32,38)/t20?,21-,22+,23-/m0/s1. The largest absolute Gasteiger partial charge is 0.393 e. The molecular formula is C28H50N4O7. The van der Waals surface area contributed by atoms with Gasteiger partial charge in [-0.2, -0.15) is 0 Å². The van der Waals surface area contributed by atoms with Gasteiger partial charge < -0.3 is 32.0 Å². The Bertz CT molecular complexity index is 788. The fourth-order valence-electron chi connectivity index (χ4n) is 4.34. The first-order chi connectivity index (χ1) is 18.4. The summed E-state index contributed by atoms with van der Waals surface area (Å²) in [7, 11) is 0. The summed E-state index contributed by atoms with van der Waals surface area (Å²) in [5.41, 5.74) is 10.5. The third-order valence-corrected chi connectivity index (χ3v) is 6.47. The van der Waals surface area contributed by atoms with Gasteiger partial charge in [0.1, 0.15) is 6.29 Å². The number of rotatable bonds is 24. The van der Waals surface area contributed by atoms with Crippen LogP contribution in [0.4, 0.5) is 0 Å². The molecule has 1 unspecified atom stereocenters. The summed E-state index contributed by atoms with van der Waals surface area (Å²) in [4.78, 5) is 72.8. The zero-order valence-electron chi connectivity index (χ0n) is 23.9. The lowest BCUT2D eigenvalue weighted by Crippen LogP contribution is -2.46. The van der Waals surface area contributed by atoms with Crippen LogP contribution in [0, 0.1) is 11.8 Å². The molecule has 4 atom stereocenters. The van der Waals surface area contributed by atoms with E-state index in [4.69, 9.17) is 11.5 Å². The summed E-state index contributed by atoms with van der Waals surface area (Å²) >= 11 is 0. The number of amides is 4. The summed E-state index contributed by atoms with van der Waals surface area (Å²) in [6.45, 7) is 5.93. The van der Waals surface area contributed by atoms with Crippen molar-refractivity contribution < 1.29 is 33.9 Å². The number of unbranched alkanes of at least 4 members (excludes halogenated alkanes) is 6. The van der Waals surface area contributed by atoms with Crippen LogP contribution in [-0.4, -0.2) is 59.0 Å². The molecule has 4 amide bonds. The predicted molar refractivity (Wildman–Crippen MR) is 148 cm³/mol. The van der Waals surface area contributed by atoms with Crippen molar-refractivity contribution in [3.63, 3.8) is 0 Å². The van der Waals surface area contributed by atoms with E-state index in [1.165, 1.54) is 19.3 Å². The van der Waals surface area contributed by atoms with Gasteiger partial charge in [-0.1, -0.05) is 65.7 Å². The van der Waals surface area contributed by atoms with E-state index in [1.54, 1.807) is 0 Å². The van der Waals surface area contributed by atoms with E-state index in [0.29, 0.717) is 19.1 Å². The van der Waals surface area contributed by atoms with E-state index in [0.717, 1.165) is 25.7 Å². The van der Waals surface area contributed by atoms with Gasteiger partial charge in [-0.25, -0.2) is 0 Å². The fraction of sp³-hybridized carbons (Fsp3) is 0.786. The van der Waals surface area contributed by atoms with Crippen molar-refractivity contribution in [2.75, 3.05) is 0 Å². The lowest BCUT2D eigenvalue weighted by atomic mass is 9.91. The average molecular weight is 555 g/mol. The van der Waals surface area contributed by atoms with Gasteiger partial charge in [0.05, 0.1) is 31.0 Å². The second-order valence-corrected chi connectivity index (χ2v) is 10.8. The molecule has 0 aromatic heterocycles. The van der Waals surface area contributed by atoms with Crippen molar-refractivity contribution in [1.29, 1.82) is 0 Å². The molecular weight excluding hydrogens is 504 g/mol. The van der Waals surface area contributed by atoms with Gasteiger partial charge >= 0.3 is 0 Å². The molecule has 224 valence electrons. The number of carbonyl (C=O) groups excluding carboxylic acids is 6. The molecule has 39 heavy (non-hydrogen) atoms. The molecule has 0 spiro atoms. The number of nitrogens with two attached hydrogens (primary N) is 2. The molecule has 11 heteroatoms. The maximum Gasteiger partial charge on any atom is 0.224 e. The van der Waals surface area contributed by atoms with Gasteiger partial charge in [0.15, 0.2) is 5.78 Å². The van der Waals surface area contributed by atoms with E-state index in [2.05, 4.69) is 17.6 Å². The molecule has 0 bridgehead atoms. The Balaban J connectivity index is 5.12.